The second-order valence-electron chi connectivity index (χ2n) is 5.69. The Morgan fingerprint density at radius 1 is 1.33 bits per heavy atom. The van der Waals surface area contributed by atoms with Crippen LogP contribution in [0.2, 0.25) is 0 Å². The molecule has 1 atom stereocenters. The molecule has 1 amide bonds. The number of rotatable bonds is 6. The van der Waals surface area contributed by atoms with Crippen LogP contribution in [0.4, 0.5) is 0 Å². The topological polar surface area (TPSA) is 35.6 Å². The van der Waals surface area contributed by atoms with Gasteiger partial charge in [0, 0.05) is 25.6 Å². The molecule has 0 aromatic carbocycles. The fraction of sp³-hybridized carbons (Fsp3) is 0.929. The van der Waals surface area contributed by atoms with E-state index in [1.165, 1.54) is 0 Å². The van der Waals surface area contributed by atoms with E-state index in [9.17, 15) is 4.79 Å². The minimum Gasteiger partial charge on any atom is -0.339 e. The number of nitrogens with one attached hydrogen (secondary N) is 1. The van der Waals surface area contributed by atoms with E-state index >= 15 is 0 Å². The van der Waals surface area contributed by atoms with Crippen LogP contribution >= 0.6 is 0 Å². The zero-order valence-electron chi connectivity index (χ0n) is 12.4. The molecule has 1 rings (SSSR count). The van der Waals surface area contributed by atoms with Gasteiger partial charge in [0.05, 0.1) is 0 Å². The molecule has 0 aliphatic carbocycles. The standard InChI is InChI=1S/C14H29N3O/c1-5-17(12(2)11-16(3)4)14(18)10-13-6-8-15-9-7-13/h12-13,15H,5-11H2,1-4H3. The van der Waals surface area contributed by atoms with Gasteiger partial charge in [0.15, 0.2) is 0 Å². The predicted molar refractivity (Wildman–Crippen MR) is 75.6 cm³/mol. The van der Waals surface area contributed by atoms with Gasteiger partial charge in [-0.1, -0.05) is 0 Å². The van der Waals surface area contributed by atoms with Gasteiger partial charge in [-0.2, -0.15) is 0 Å². The highest BCUT2D eigenvalue weighted by Gasteiger charge is 2.23. The monoisotopic (exact) mass is 255 g/mol. The van der Waals surface area contributed by atoms with E-state index in [1.807, 2.05) is 4.90 Å². The number of amides is 1. The van der Waals surface area contributed by atoms with Crippen molar-refractivity contribution in [3.8, 4) is 0 Å². The Morgan fingerprint density at radius 3 is 2.44 bits per heavy atom. The highest BCUT2D eigenvalue weighted by Crippen LogP contribution is 2.18. The largest absolute Gasteiger partial charge is 0.339 e. The van der Waals surface area contributed by atoms with Gasteiger partial charge in [-0.15, -0.1) is 0 Å². The molecule has 0 aromatic heterocycles. The van der Waals surface area contributed by atoms with Crippen molar-refractivity contribution in [3.05, 3.63) is 0 Å². The Balaban J connectivity index is 2.45. The van der Waals surface area contributed by atoms with Gasteiger partial charge in [0.2, 0.25) is 5.91 Å². The smallest absolute Gasteiger partial charge is 0.223 e. The molecule has 0 bridgehead atoms. The van der Waals surface area contributed by atoms with E-state index in [-0.39, 0.29) is 0 Å². The first kappa shape index (κ1) is 15.4. The molecule has 18 heavy (non-hydrogen) atoms. The minimum atomic E-state index is 0.305. The lowest BCUT2D eigenvalue weighted by molar-refractivity contribution is -0.134. The lowest BCUT2D eigenvalue weighted by atomic mass is 9.94. The predicted octanol–water partition coefficient (Wildman–Crippen LogP) is 1.17. The summed E-state index contributed by atoms with van der Waals surface area (Å²) in [7, 11) is 4.11. The lowest BCUT2D eigenvalue weighted by Gasteiger charge is -2.32. The number of likely N-dealkylation sites (N-methyl/N-ethyl adjacent to an activating group) is 2. The number of carbonyl (C=O) groups excluding carboxylic acids is 1. The Kier molecular flexibility index (Phi) is 6.65. The van der Waals surface area contributed by atoms with Gasteiger partial charge >= 0.3 is 0 Å². The van der Waals surface area contributed by atoms with Gasteiger partial charge in [-0.05, 0) is 59.8 Å². The van der Waals surface area contributed by atoms with Crippen molar-refractivity contribution in [3.63, 3.8) is 0 Å². The van der Waals surface area contributed by atoms with Crippen molar-refractivity contribution in [1.29, 1.82) is 0 Å². The van der Waals surface area contributed by atoms with Crippen LogP contribution in [-0.2, 0) is 4.79 Å². The first-order valence-corrected chi connectivity index (χ1v) is 7.19. The van der Waals surface area contributed by atoms with E-state index in [4.69, 9.17) is 0 Å². The molecule has 106 valence electrons. The number of carbonyl (C=O) groups is 1. The minimum absolute atomic E-state index is 0.305. The van der Waals surface area contributed by atoms with E-state index in [1.54, 1.807) is 0 Å². The molecular weight excluding hydrogens is 226 g/mol. The summed E-state index contributed by atoms with van der Waals surface area (Å²) in [6, 6.07) is 0.305. The Bertz CT molecular complexity index is 249. The molecule has 1 N–H and O–H groups in total. The van der Waals surface area contributed by atoms with Gasteiger partial charge in [-0.3, -0.25) is 4.79 Å². The summed E-state index contributed by atoms with van der Waals surface area (Å²) in [5.41, 5.74) is 0. The summed E-state index contributed by atoms with van der Waals surface area (Å²) >= 11 is 0. The summed E-state index contributed by atoms with van der Waals surface area (Å²) in [4.78, 5) is 16.5. The summed E-state index contributed by atoms with van der Waals surface area (Å²) in [6.45, 7) is 8.11. The zero-order valence-corrected chi connectivity index (χ0v) is 12.4. The molecule has 1 heterocycles. The quantitative estimate of drug-likeness (QED) is 0.774. The second kappa shape index (κ2) is 7.74. The molecule has 1 saturated heterocycles. The van der Waals surface area contributed by atoms with Crippen LogP contribution in [0.25, 0.3) is 0 Å². The lowest BCUT2D eigenvalue weighted by Crippen LogP contribution is -2.44. The summed E-state index contributed by atoms with van der Waals surface area (Å²) in [5.74, 6) is 0.915. The van der Waals surface area contributed by atoms with Crippen LogP contribution in [0.1, 0.15) is 33.1 Å². The summed E-state index contributed by atoms with van der Waals surface area (Å²) < 4.78 is 0. The van der Waals surface area contributed by atoms with E-state index in [0.717, 1.165) is 45.4 Å². The SMILES string of the molecule is CCN(C(=O)CC1CCNCC1)C(C)CN(C)C. The molecule has 1 aliphatic heterocycles. The van der Waals surface area contributed by atoms with Crippen LogP contribution < -0.4 is 5.32 Å². The first-order chi connectivity index (χ1) is 8.54. The maximum Gasteiger partial charge on any atom is 0.223 e. The van der Waals surface area contributed by atoms with Gasteiger partial charge in [-0.25, -0.2) is 0 Å². The van der Waals surface area contributed by atoms with Crippen LogP contribution in [0, 0.1) is 5.92 Å². The third-order valence-corrected chi connectivity index (χ3v) is 3.74. The Morgan fingerprint density at radius 2 is 1.94 bits per heavy atom. The maximum absolute atomic E-state index is 12.4. The van der Waals surface area contributed by atoms with E-state index in [2.05, 4.69) is 38.2 Å². The average Bonchev–Trinajstić information content (AvgIpc) is 2.30. The number of hydrogen-bond acceptors (Lipinski definition) is 3. The number of nitrogens with zero attached hydrogens (tertiary/aromatic N) is 2. The van der Waals surface area contributed by atoms with Crippen molar-refractivity contribution >= 4 is 5.91 Å². The third kappa shape index (κ3) is 4.94. The highest BCUT2D eigenvalue weighted by molar-refractivity contribution is 5.76. The molecule has 0 spiro atoms. The molecular formula is C14H29N3O. The molecule has 4 heteroatoms. The Labute approximate surface area is 112 Å². The molecule has 0 aromatic rings. The highest BCUT2D eigenvalue weighted by atomic mass is 16.2. The number of piperidine rings is 1. The third-order valence-electron chi connectivity index (χ3n) is 3.74. The Hall–Kier alpha value is -0.610. The fourth-order valence-corrected chi connectivity index (χ4v) is 2.81. The van der Waals surface area contributed by atoms with E-state index < -0.39 is 0 Å². The van der Waals surface area contributed by atoms with Crippen LogP contribution in [-0.4, -0.2) is 62.0 Å². The van der Waals surface area contributed by atoms with Gasteiger partial charge in [0.1, 0.15) is 0 Å². The van der Waals surface area contributed by atoms with Crippen molar-refractivity contribution in [2.45, 2.75) is 39.2 Å². The molecule has 0 saturated carbocycles. The molecule has 4 nitrogen and oxygen atoms in total. The van der Waals surface area contributed by atoms with Crippen LogP contribution in [0.5, 0.6) is 0 Å². The van der Waals surface area contributed by atoms with Crippen molar-refractivity contribution in [2.75, 3.05) is 40.3 Å². The first-order valence-electron chi connectivity index (χ1n) is 7.19. The number of hydrogen-bond donors (Lipinski definition) is 1. The van der Waals surface area contributed by atoms with Gasteiger partial charge in [0.25, 0.3) is 0 Å². The fourth-order valence-electron chi connectivity index (χ4n) is 2.81. The summed E-state index contributed by atoms with van der Waals surface area (Å²) in [5, 5.41) is 3.35. The van der Waals surface area contributed by atoms with Crippen LogP contribution in [0.15, 0.2) is 0 Å². The zero-order chi connectivity index (χ0) is 13.5. The molecule has 1 unspecified atom stereocenters. The molecule has 0 radical (unpaired) electrons. The molecule has 1 fully saturated rings. The van der Waals surface area contributed by atoms with Crippen LogP contribution in [0.3, 0.4) is 0 Å². The normalized spacial score (nSPS) is 18.9. The van der Waals surface area contributed by atoms with Crippen molar-refractivity contribution in [1.82, 2.24) is 15.1 Å². The maximum atomic E-state index is 12.4. The van der Waals surface area contributed by atoms with E-state index in [0.29, 0.717) is 17.9 Å². The summed E-state index contributed by atoms with van der Waals surface area (Å²) in [6.07, 6.45) is 3.02. The molecule has 1 aliphatic rings. The van der Waals surface area contributed by atoms with Crippen molar-refractivity contribution in [2.24, 2.45) is 5.92 Å². The second-order valence-corrected chi connectivity index (χ2v) is 5.69. The van der Waals surface area contributed by atoms with Gasteiger partial charge < -0.3 is 15.1 Å². The average molecular weight is 255 g/mol. The van der Waals surface area contributed by atoms with Crippen molar-refractivity contribution < 1.29 is 4.79 Å².